The normalized spacial score (nSPS) is 17.3. The summed E-state index contributed by atoms with van der Waals surface area (Å²) in [7, 11) is 0. The molecule has 0 saturated carbocycles. The molecule has 0 heterocycles. The van der Waals surface area contributed by atoms with Gasteiger partial charge in [0.25, 0.3) is 0 Å². The first-order chi connectivity index (χ1) is 5.66. The number of allylic oxidation sites excluding steroid dienone is 2. The summed E-state index contributed by atoms with van der Waals surface area (Å²) in [6, 6.07) is 0.163. The smallest absolute Gasteiger partial charge is 0.0194 e. The summed E-state index contributed by atoms with van der Waals surface area (Å²) in [5.74, 6) is 0.559. The molecule has 0 aromatic carbocycles. The van der Waals surface area contributed by atoms with Crippen molar-refractivity contribution in [3.05, 3.63) is 24.3 Å². The second-order valence-electron chi connectivity index (χ2n) is 3.16. The lowest BCUT2D eigenvalue weighted by molar-refractivity contribution is 0.737. The molecule has 0 amide bonds. The van der Waals surface area contributed by atoms with E-state index in [2.05, 4.69) is 19.1 Å². The van der Waals surface area contributed by atoms with Crippen molar-refractivity contribution in [3.63, 3.8) is 0 Å². The number of nitrogens with two attached hydrogens (primary N) is 2. The van der Waals surface area contributed by atoms with Crippen molar-refractivity contribution < 1.29 is 0 Å². The fourth-order valence-electron chi connectivity index (χ4n) is 0.897. The first-order valence-electron chi connectivity index (χ1n) is 4.45. The lowest BCUT2D eigenvalue weighted by Gasteiger charge is -2.01. The van der Waals surface area contributed by atoms with Crippen LogP contribution in [0.25, 0.3) is 0 Å². The van der Waals surface area contributed by atoms with Gasteiger partial charge in [-0.3, -0.25) is 0 Å². The largest absolute Gasteiger partial charge is 0.327 e. The summed E-state index contributed by atoms with van der Waals surface area (Å²) < 4.78 is 0. The van der Waals surface area contributed by atoms with E-state index in [0.29, 0.717) is 12.5 Å². The van der Waals surface area contributed by atoms with Gasteiger partial charge in [-0.2, -0.15) is 0 Å². The monoisotopic (exact) mass is 168 g/mol. The molecule has 2 unspecified atom stereocenters. The summed E-state index contributed by atoms with van der Waals surface area (Å²) in [5, 5.41) is 0. The third-order valence-electron chi connectivity index (χ3n) is 1.55. The minimum atomic E-state index is 0.163. The van der Waals surface area contributed by atoms with Gasteiger partial charge in [0.15, 0.2) is 0 Å². The molecule has 0 aromatic heterocycles. The Bertz CT molecular complexity index is 148. The van der Waals surface area contributed by atoms with Crippen LogP contribution in [0.2, 0.25) is 0 Å². The zero-order chi connectivity index (χ0) is 9.40. The molecular formula is C10H20N2. The Morgan fingerprint density at radius 2 is 1.83 bits per heavy atom. The van der Waals surface area contributed by atoms with E-state index in [1.807, 2.05) is 19.1 Å². The van der Waals surface area contributed by atoms with Crippen LogP contribution in [0.15, 0.2) is 24.3 Å². The molecule has 0 spiro atoms. The summed E-state index contributed by atoms with van der Waals surface area (Å²) in [4.78, 5) is 0. The van der Waals surface area contributed by atoms with E-state index < -0.39 is 0 Å². The predicted molar refractivity (Wildman–Crippen MR) is 54.8 cm³/mol. The lowest BCUT2D eigenvalue weighted by Crippen LogP contribution is -2.10. The molecule has 12 heavy (non-hydrogen) atoms. The van der Waals surface area contributed by atoms with Gasteiger partial charge in [0.1, 0.15) is 0 Å². The SMILES string of the molecule is CC(N)/C=C/CC(C)/C=C/CN. The Morgan fingerprint density at radius 1 is 1.17 bits per heavy atom. The van der Waals surface area contributed by atoms with Gasteiger partial charge >= 0.3 is 0 Å². The van der Waals surface area contributed by atoms with E-state index in [-0.39, 0.29) is 6.04 Å². The molecule has 0 saturated heterocycles. The standard InChI is InChI=1S/C10H20N2/c1-9(6-4-8-11)5-3-7-10(2)12/h3-4,6-7,9-10H,5,8,11-12H2,1-2H3/b6-4+,7-3+. The zero-order valence-electron chi connectivity index (χ0n) is 8.03. The Hall–Kier alpha value is -0.600. The van der Waals surface area contributed by atoms with E-state index in [9.17, 15) is 0 Å². The van der Waals surface area contributed by atoms with E-state index in [0.717, 1.165) is 6.42 Å². The van der Waals surface area contributed by atoms with E-state index >= 15 is 0 Å². The molecule has 0 radical (unpaired) electrons. The van der Waals surface area contributed by atoms with Crippen molar-refractivity contribution in [2.24, 2.45) is 17.4 Å². The van der Waals surface area contributed by atoms with Crippen molar-refractivity contribution in [1.29, 1.82) is 0 Å². The number of hydrogen-bond donors (Lipinski definition) is 2. The van der Waals surface area contributed by atoms with Crippen molar-refractivity contribution in [3.8, 4) is 0 Å². The van der Waals surface area contributed by atoms with Crippen molar-refractivity contribution in [1.82, 2.24) is 0 Å². The van der Waals surface area contributed by atoms with E-state index in [1.165, 1.54) is 0 Å². The molecule has 0 fully saturated rings. The van der Waals surface area contributed by atoms with Crippen LogP contribution in [0.5, 0.6) is 0 Å². The fraction of sp³-hybridized carbons (Fsp3) is 0.600. The number of hydrogen-bond acceptors (Lipinski definition) is 2. The molecular weight excluding hydrogens is 148 g/mol. The van der Waals surface area contributed by atoms with Crippen molar-refractivity contribution in [2.45, 2.75) is 26.3 Å². The van der Waals surface area contributed by atoms with Gasteiger partial charge < -0.3 is 11.5 Å². The van der Waals surface area contributed by atoms with Crippen LogP contribution in [-0.2, 0) is 0 Å². The highest BCUT2D eigenvalue weighted by molar-refractivity contribution is 4.95. The van der Waals surface area contributed by atoms with Crippen LogP contribution in [0.4, 0.5) is 0 Å². The number of rotatable bonds is 5. The Morgan fingerprint density at radius 3 is 2.33 bits per heavy atom. The second-order valence-corrected chi connectivity index (χ2v) is 3.16. The van der Waals surface area contributed by atoms with Crippen LogP contribution < -0.4 is 11.5 Å². The summed E-state index contributed by atoms with van der Waals surface area (Å²) in [6.07, 6.45) is 9.30. The Labute approximate surface area is 75.3 Å². The predicted octanol–water partition coefficient (Wildman–Crippen LogP) is 1.43. The highest BCUT2D eigenvalue weighted by Crippen LogP contribution is 2.04. The average Bonchev–Trinajstić information content (AvgIpc) is 2.00. The second kappa shape index (κ2) is 7.07. The van der Waals surface area contributed by atoms with Gasteiger partial charge in [0.05, 0.1) is 0 Å². The average molecular weight is 168 g/mol. The molecule has 0 bridgehead atoms. The third-order valence-corrected chi connectivity index (χ3v) is 1.55. The van der Waals surface area contributed by atoms with Crippen molar-refractivity contribution in [2.75, 3.05) is 6.54 Å². The van der Waals surface area contributed by atoms with Gasteiger partial charge in [-0.15, -0.1) is 0 Å². The Kier molecular flexibility index (Phi) is 6.72. The highest BCUT2D eigenvalue weighted by atomic mass is 14.6. The first kappa shape index (κ1) is 11.4. The maximum Gasteiger partial charge on any atom is 0.0194 e. The quantitative estimate of drug-likeness (QED) is 0.610. The van der Waals surface area contributed by atoms with Gasteiger partial charge in [-0.05, 0) is 19.3 Å². The third kappa shape index (κ3) is 7.51. The van der Waals surface area contributed by atoms with Crippen LogP contribution in [0.1, 0.15) is 20.3 Å². The zero-order valence-corrected chi connectivity index (χ0v) is 8.03. The maximum atomic E-state index is 5.55. The van der Waals surface area contributed by atoms with Crippen LogP contribution >= 0.6 is 0 Å². The summed E-state index contributed by atoms with van der Waals surface area (Å²) in [6.45, 7) is 4.76. The molecule has 2 nitrogen and oxygen atoms in total. The maximum absolute atomic E-state index is 5.55. The first-order valence-corrected chi connectivity index (χ1v) is 4.45. The lowest BCUT2D eigenvalue weighted by atomic mass is 10.1. The van der Waals surface area contributed by atoms with Gasteiger partial charge in [0.2, 0.25) is 0 Å². The minimum Gasteiger partial charge on any atom is -0.327 e. The van der Waals surface area contributed by atoms with Crippen LogP contribution in [0.3, 0.4) is 0 Å². The van der Waals surface area contributed by atoms with E-state index in [4.69, 9.17) is 11.5 Å². The van der Waals surface area contributed by atoms with Gasteiger partial charge in [0, 0.05) is 12.6 Å². The molecule has 0 aliphatic rings. The van der Waals surface area contributed by atoms with Gasteiger partial charge in [-0.1, -0.05) is 31.2 Å². The fourth-order valence-corrected chi connectivity index (χ4v) is 0.897. The molecule has 0 aliphatic carbocycles. The summed E-state index contributed by atoms with van der Waals surface area (Å²) >= 11 is 0. The Balaban J connectivity index is 3.56. The molecule has 0 aromatic rings. The van der Waals surface area contributed by atoms with Crippen LogP contribution in [0, 0.1) is 5.92 Å². The van der Waals surface area contributed by atoms with Gasteiger partial charge in [-0.25, -0.2) is 0 Å². The van der Waals surface area contributed by atoms with Crippen LogP contribution in [-0.4, -0.2) is 12.6 Å². The summed E-state index contributed by atoms with van der Waals surface area (Å²) in [5.41, 5.74) is 10.9. The molecule has 2 atom stereocenters. The molecule has 70 valence electrons. The molecule has 0 rings (SSSR count). The minimum absolute atomic E-state index is 0.163. The van der Waals surface area contributed by atoms with E-state index in [1.54, 1.807) is 0 Å². The highest BCUT2D eigenvalue weighted by Gasteiger charge is 1.92. The topological polar surface area (TPSA) is 52.0 Å². The van der Waals surface area contributed by atoms with Crippen molar-refractivity contribution >= 4 is 0 Å². The molecule has 4 N–H and O–H groups in total. The molecule has 0 aliphatic heterocycles. The molecule has 2 heteroatoms.